The van der Waals surface area contributed by atoms with Crippen molar-refractivity contribution < 1.29 is 4.52 Å². The van der Waals surface area contributed by atoms with Gasteiger partial charge in [0.05, 0.1) is 0 Å². The van der Waals surface area contributed by atoms with Gasteiger partial charge in [0.2, 0.25) is 0 Å². The summed E-state index contributed by atoms with van der Waals surface area (Å²) in [5.74, 6) is 1.03. The SMILES string of the molecule is Cc1ccc(CCNc2noc(-c3ccccc3)n2)cn1. The third kappa shape index (κ3) is 3.45. The molecule has 0 unspecified atom stereocenters. The second-order valence-corrected chi connectivity index (χ2v) is 4.77. The van der Waals surface area contributed by atoms with E-state index in [1.807, 2.05) is 49.5 Å². The lowest BCUT2D eigenvalue weighted by Crippen LogP contribution is -2.06. The van der Waals surface area contributed by atoms with Crippen molar-refractivity contribution in [1.82, 2.24) is 15.1 Å². The average Bonchev–Trinajstić information content (AvgIpc) is 2.99. The van der Waals surface area contributed by atoms with Gasteiger partial charge in [-0.3, -0.25) is 4.98 Å². The molecule has 0 atom stereocenters. The maximum absolute atomic E-state index is 5.23. The van der Waals surface area contributed by atoms with Crippen molar-refractivity contribution in [3.8, 4) is 11.5 Å². The number of nitrogens with one attached hydrogen (secondary N) is 1. The topological polar surface area (TPSA) is 63.8 Å². The highest BCUT2D eigenvalue weighted by molar-refractivity contribution is 5.53. The molecular formula is C16H16N4O. The molecule has 0 aliphatic carbocycles. The zero-order valence-electron chi connectivity index (χ0n) is 11.8. The van der Waals surface area contributed by atoms with Crippen molar-refractivity contribution in [2.75, 3.05) is 11.9 Å². The maximum Gasteiger partial charge on any atom is 0.263 e. The van der Waals surface area contributed by atoms with Gasteiger partial charge in [0.15, 0.2) is 0 Å². The number of anilines is 1. The molecule has 0 saturated heterocycles. The number of rotatable bonds is 5. The monoisotopic (exact) mass is 280 g/mol. The van der Waals surface area contributed by atoms with Gasteiger partial charge in [-0.2, -0.15) is 4.98 Å². The van der Waals surface area contributed by atoms with Gasteiger partial charge >= 0.3 is 0 Å². The van der Waals surface area contributed by atoms with Crippen molar-refractivity contribution in [3.63, 3.8) is 0 Å². The summed E-state index contributed by atoms with van der Waals surface area (Å²) in [6.45, 7) is 2.71. The normalized spacial score (nSPS) is 10.5. The molecule has 0 aliphatic heterocycles. The fourth-order valence-electron chi connectivity index (χ4n) is 1.96. The van der Waals surface area contributed by atoms with Crippen molar-refractivity contribution in [1.29, 1.82) is 0 Å². The van der Waals surface area contributed by atoms with Crippen LogP contribution in [0.3, 0.4) is 0 Å². The van der Waals surface area contributed by atoms with Gasteiger partial charge in [0.25, 0.3) is 11.8 Å². The highest BCUT2D eigenvalue weighted by Crippen LogP contribution is 2.17. The maximum atomic E-state index is 5.23. The van der Waals surface area contributed by atoms with Crippen molar-refractivity contribution in [2.45, 2.75) is 13.3 Å². The smallest absolute Gasteiger partial charge is 0.263 e. The molecule has 21 heavy (non-hydrogen) atoms. The van der Waals surface area contributed by atoms with Gasteiger partial charge in [0, 0.05) is 24.0 Å². The Bertz CT molecular complexity index is 692. The lowest BCUT2D eigenvalue weighted by molar-refractivity contribution is 0.432. The predicted molar refractivity (Wildman–Crippen MR) is 80.9 cm³/mol. The lowest BCUT2D eigenvalue weighted by atomic mass is 10.2. The molecule has 3 rings (SSSR count). The number of aromatic nitrogens is 3. The van der Waals surface area contributed by atoms with Crippen LogP contribution in [-0.4, -0.2) is 21.7 Å². The summed E-state index contributed by atoms with van der Waals surface area (Å²) in [6, 6.07) is 13.8. The van der Waals surface area contributed by atoms with E-state index in [1.165, 1.54) is 5.56 Å². The minimum absolute atomic E-state index is 0.508. The Morgan fingerprint density at radius 2 is 1.95 bits per heavy atom. The number of benzene rings is 1. The number of nitrogens with zero attached hydrogens (tertiary/aromatic N) is 3. The Hall–Kier alpha value is -2.69. The molecule has 0 fully saturated rings. The molecule has 0 spiro atoms. The van der Waals surface area contributed by atoms with Crippen LogP contribution in [0.2, 0.25) is 0 Å². The Balaban J connectivity index is 1.57. The second-order valence-electron chi connectivity index (χ2n) is 4.77. The molecule has 1 N–H and O–H groups in total. The molecule has 2 aromatic heterocycles. The molecule has 2 heterocycles. The number of hydrogen-bond donors (Lipinski definition) is 1. The number of hydrogen-bond acceptors (Lipinski definition) is 5. The van der Waals surface area contributed by atoms with Crippen LogP contribution in [0.25, 0.3) is 11.5 Å². The molecule has 106 valence electrons. The van der Waals surface area contributed by atoms with Gasteiger partial charge in [-0.1, -0.05) is 24.3 Å². The van der Waals surface area contributed by atoms with Crippen molar-refractivity contribution >= 4 is 5.95 Å². The zero-order valence-corrected chi connectivity index (χ0v) is 11.8. The predicted octanol–water partition coefficient (Wildman–Crippen LogP) is 3.09. The largest absolute Gasteiger partial charge is 0.351 e. The summed E-state index contributed by atoms with van der Waals surface area (Å²) in [5, 5.41) is 7.08. The van der Waals surface area contributed by atoms with E-state index in [1.54, 1.807) is 0 Å². The van der Waals surface area contributed by atoms with Crippen LogP contribution in [0, 0.1) is 6.92 Å². The fraction of sp³-hybridized carbons (Fsp3) is 0.188. The summed E-state index contributed by atoms with van der Waals surface area (Å²) in [5.41, 5.74) is 3.12. The molecule has 5 nitrogen and oxygen atoms in total. The number of pyridine rings is 1. The minimum Gasteiger partial charge on any atom is -0.351 e. The van der Waals surface area contributed by atoms with E-state index in [9.17, 15) is 0 Å². The quantitative estimate of drug-likeness (QED) is 0.778. The summed E-state index contributed by atoms with van der Waals surface area (Å²) < 4.78 is 5.23. The highest BCUT2D eigenvalue weighted by atomic mass is 16.5. The van der Waals surface area contributed by atoms with Gasteiger partial charge in [0.1, 0.15) is 0 Å². The first-order valence-corrected chi connectivity index (χ1v) is 6.86. The van der Waals surface area contributed by atoms with Gasteiger partial charge in [-0.15, -0.1) is 0 Å². The first kappa shape index (κ1) is 13.3. The van der Waals surface area contributed by atoms with E-state index < -0.39 is 0 Å². The highest BCUT2D eigenvalue weighted by Gasteiger charge is 2.07. The molecule has 1 aromatic carbocycles. The van der Waals surface area contributed by atoms with E-state index >= 15 is 0 Å². The van der Waals surface area contributed by atoms with E-state index in [2.05, 4.69) is 26.5 Å². The third-order valence-corrected chi connectivity index (χ3v) is 3.12. The minimum atomic E-state index is 0.508. The van der Waals surface area contributed by atoms with Crippen molar-refractivity contribution in [2.24, 2.45) is 0 Å². The summed E-state index contributed by atoms with van der Waals surface area (Å²) >= 11 is 0. The molecule has 0 radical (unpaired) electrons. The average molecular weight is 280 g/mol. The Morgan fingerprint density at radius 3 is 2.71 bits per heavy atom. The second kappa shape index (κ2) is 6.17. The fourth-order valence-corrected chi connectivity index (χ4v) is 1.96. The standard InChI is InChI=1S/C16H16N4O/c1-12-7-8-13(11-18-12)9-10-17-16-19-15(21-20-16)14-5-3-2-4-6-14/h2-8,11H,9-10H2,1H3,(H,17,20). The van der Waals surface area contributed by atoms with Gasteiger partial charge < -0.3 is 9.84 Å². The molecule has 0 amide bonds. The lowest BCUT2D eigenvalue weighted by Gasteiger charge is -2.01. The van der Waals surface area contributed by atoms with Crippen LogP contribution < -0.4 is 5.32 Å². The summed E-state index contributed by atoms with van der Waals surface area (Å²) in [4.78, 5) is 8.59. The van der Waals surface area contributed by atoms with Crippen LogP contribution >= 0.6 is 0 Å². The van der Waals surface area contributed by atoms with Crippen LogP contribution in [0.4, 0.5) is 5.95 Å². The first-order valence-electron chi connectivity index (χ1n) is 6.86. The van der Waals surface area contributed by atoms with Crippen LogP contribution in [0.5, 0.6) is 0 Å². The summed E-state index contributed by atoms with van der Waals surface area (Å²) in [7, 11) is 0. The van der Waals surface area contributed by atoms with Crippen molar-refractivity contribution in [3.05, 3.63) is 59.9 Å². The molecule has 0 saturated carbocycles. The Kier molecular flexibility index (Phi) is 3.91. The van der Waals surface area contributed by atoms with Crippen LogP contribution in [0.15, 0.2) is 53.2 Å². The van der Waals surface area contributed by atoms with Gasteiger partial charge in [-0.25, -0.2) is 0 Å². The van der Waals surface area contributed by atoms with E-state index in [4.69, 9.17) is 4.52 Å². The van der Waals surface area contributed by atoms with Crippen LogP contribution in [-0.2, 0) is 6.42 Å². The third-order valence-electron chi connectivity index (χ3n) is 3.12. The summed E-state index contributed by atoms with van der Waals surface area (Å²) in [6.07, 6.45) is 2.76. The zero-order chi connectivity index (χ0) is 14.5. The Morgan fingerprint density at radius 1 is 1.10 bits per heavy atom. The molecule has 5 heteroatoms. The van der Waals surface area contributed by atoms with E-state index in [0.717, 1.165) is 24.2 Å². The van der Waals surface area contributed by atoms with E-state index in [0.29, 0.717) is 11.8 Å². The number of aryl methyl sites for hydroxylation is 1. The van der Waals surface area contributed by atoms with Crippen LogP contribution in [0.1, 0.15) is 11.3 Å². The van der Waals surface area contributed by atoms with E-state index in [-0.39, 0.29) is 0 Å². The molecule has 0 bridgehead atoms. The molecule has 3 aromatic rings. The molecular weight excluding hydrogens is 264 g/mol. The van der Waals surface area contributed by atoms with Gasteiger partial charge in [-0.05, 0) is 42.3 Å². The Labute approximate surface area is 123 Å². The molecule has 0 aliphatic rings. The first-order chi connectivity index (χ1) is 10.3.